The van der Waals surface area contributed by atoms with E-state index in [4.69, 9.17) is 17.3 Å². The molecule has 2 unspecified atom stereocenters. The van der Waals surface area contributed by atoms with Crippen LogP contribution in [0.15, 0.2) is 6.07 Å². The normalized spacial score (nSPS) is 15.9. The summed E-state index contributed by atoms with van der Waals surface area (Å²) in [5.41, 5.74) is 7.31. The Kier molecular flexibility index (Phi) is 3.99. The van der Waals surface area contributed by atoms with Crippen molar-refractivity contribution in [2.75, 3.05) is 0 Å². The second-order valence-corrected chi connectivity index (χ2v) is 5.92. The van der Waals surface area contributed by atoms with Gasteiger partial charge in [-0.25, -0.2) is 0 Å². The lowest BCUT2D eigenvalue weighted by Gasteiger charge is -2.22. The Morgan fingerprint density at radius 3 is 2.29 bits per heavy atom. The van der Waals surface area contributed by atoms with Crippen molar-refractivity contribution in [3.05, 3.63) is 20.8 Å². The van der Waals surface area contributed by atoms with Gasteiger partial charge in [0.25, 0.3) is 0 Å². The van der Waals surface area contributed by atoms with Gasteiger partial charge in [0.15, 0.2) is 0 Å². The van der Waals surface area contributed by atoms with Gasteiger partial charge in [-0.05, 0) is 30.4 Å². The van der Waals surface area contributed by atoms with E-state index >= 15 is 0 Å². The third-order valence-electron chi connectivity index (χ3n) is 2.82. The molecule has 0 aliphatic carbocycles. The second-order valence-electron chi connectivity index (χ2n) is 4.23. The molecule has 1 heterocycles. The third-order valence-corrected chi connectivity index (χ3v) is 4.48. The molecule has 1 rings (SSSR count). The molecule has 2 N–H and O–H groups in total. The van der Waals surface area contributed by atoms with Gasteiger partial charge in [0.1, 0.15) is 0 Å². The highest BCUT2D eigenvalue weighted by molar-refractivity contribution is 7.16. The molecule has 0 spiro atoms. The van der Waals surface area contributed by atoms with Crippen molar-refractivity contribution in [1.29, 1.82) is 0 Å². The summed E-state index contributed by atoms with van der Waals surface area (Å²) in [5, 5.41) is 0. The van der Waals surface area contributed by atoms with Crippen LogP contribution < -0.4 is 5.73 Å². The summed E-state index contributed by atoms with van der Waals surface area (Å²) < 4.78 is 0.867. The Bertz CT molecular complexity index is 287. The smallest absolute Gasteiger partial charge is 0.0960 e. The van der Waals surface area contributed by atoms with Crippen LogP contribution in [0.4, 0.5) is 0 Å². The first kappa shape index (κ1) is 12.0. The van der Waals surface area contributed by atoms with E-state index in [0.29, 0.717) is 11.8 Å². The molecule has 1 aromatic rings. The minimum Gasteiger partial charge on any atom is -0.323 e. The Morgan fingerprint density at radius 2 is 1.93 bits per heavy atom. The van der Waals surface area contributed by atoms with E-state index in [1.807, 2.05) is 6.92 Å². The monoisotopic (exact) mass is 231 g/mol. The standard InChI is InChI=1S/C11H18ClNS/c1-6(2)8(4)10(13)9-5-7(3)11(12)14-9/h5-6,8,10H,13H2,1-4H3. The van der Waals surface area contributed by atoms with Gasteiger partial charge in [-0.2, -0.15) is 0 Å². The van der Waals surface area contributed by atoms with E-state index < -0.39 is 0 Å². The van der Waals surface area contributed by atoms with E-state index in [1.54, 1.807) is 11.3 Å². The molecule has 80 valence electrons. The van der Waals surface area contributed by atoms with Crippen molar-refractivity contribution in [2.45, 2.75) is 33.7 Å². The number of aryl methyl sites for hydroxylation is 1. The summed E-state index contributed by atoms with van der Waals surface area (Å²) in [6.45, 7) is 8.62. The van der Waals surface area contributed by atoms with Crippen molar-refractivity contribution >= 4 is 22.9 Å². The number of thiophene rings is 1. The fourth-order valence-corrected chi connectivity index (χ4v) is 2.66. The third kappa shape index (κ3) is 2.50. The van der Waals surface area contributed by atoms with E-state index in [-0.39, 0.29) is 6.04 Å². The van der Waals surface area contributed by atoms with Gasteiger partial charge in [-0.15, -0.1) is 11.3 Å². The fraction of sp³-hybridized carbons (Fsp3) is 0.636. The number of hydrogen-bond donors (Lipinski definition) is 1. The fourth-order valence-electron chi connectivity index (χ4n) is 1.32. The Balaban J connectivity index is 2.83. The maximum Gasteiger partial charge on any atom is 0.0960 e. The number of rotatable bonds is 3. The van der Waals surface area contributed by atoms with Gasteiger partial charge in [0.05, 0.1) is 4.34 Å². The van der Waals surface area contributed by atoms with Gasteiger partial charge in [-0.3, -0.25) is 0 Å². The van der Waals surface area contributed by atoms with Gasteiger partial charge in [0, 0.05) is 10.9 Å². The number of hydrogen-bond acceptors (Lipinski definition) is 2. The first-order chi connectivity index (χ1) is 6.43. The highest BCUT2D eigenvalue weighted by Gasteiger charge is 2.20. The molecule has 0 saturated carbocycles. The first-order valence-electron chi connectivity index (χ1n) is 4.95. The Hall–Kier alpha value is -0.0500. The molecule has 14 heavy (non-hydrogen) atoms. The van der Waals surface area contributed by atoms with Crippen molar-refractivity contribution in [3.63, 3.8) is 0 Å². The van der Waals surface area contributed by atoms with Crippen LogP contribution in [0.1, 0.15) is 37.3 Å². The van der Waals surface area contributed by atoms with Crippen LogP contribution in [-0.2, 0) is 0 Å². The lowest BCUT2D eigenvalue weighted by Crippen LogP contribution is -2.22. The van der Waals surface area contributed by atoms with Crippen molar-refractivity contribution in [2.24, 2.45) is 17.6 Å². The van der Waals surface area contributed by atoms with E-state index in [9.17, 15) is 0 Å². The first-order valence-corrected chi connectivity index (χ1v) is 6.14. The van der Waals surface area contributed by atoms with Crippen LogP contribution in [-0.4, -0.2) is 0 Å². The zero-order chi connectivity index (χ0) is 10.9. The summed E-state index contributed by atoms with van der Waals surface area (Å²) >= 11 is 7.63. The second kappa shape index (κ2) is 4.65. The predicted octanol–water partition coefficient (Wildman–Crippen LogP) is 4.00. The SMILES string of the molecule is Cc1cc(C(N)C(C)C(C)C)sc1Cl. The topological polar surface area (TPSA) is 26.0 Å². The number of halogens is 1. The van der Waals surface area contributed by atoms with Crippen LogP contribution in [0.25, 0.3) is 0 Å². The molecular weight excluding hydrogens is 214 g/mol. The van der Waals surface area contributed by atoms with Crippen molar-refractivity contribution in [1.82, 2.24) is 0 Å². The molecular formula is C11H18ClNS. The quantitative estimate of drug-likeness (QED) is 0.836. The van der Waals surface area contributed by atoms with Crippen LogP contribution in [0.5, 0.6) is 0 Å². The van der Waals surface area contributed by atoms with E-state index in [2.05, 4.69) is 26.8 Å². The molecule has 1 aromatic heterocycles. The zero-order valence-electron chi connectivity index (χ0n) is 9.17. The predicted molar refractivity (Wildman–Crippen MR) is 65.0 cm³/mol. The lowest BCUT2D eigenvalue weighted by molar-refractivity contribution is 0.355. The summed E-state index contributed by atoms with van der Waals surface area (Å²) in [5.74, 6) is 1.09. The van der Waals surface area contributed by atoms with Gasteiger partial charge >= 0.3 is 0 Å². The molecule has 0 radical (unpaired) electrons. The maximum atomic E-state index is 6.17. The minimum absolute atomic E-state index is 0.117. The summed E-state index contributed by atoms with van der Waals surface area (Å²) in [7, 11) is 0. The molecule has 0 bridgehead atoms. The van der Waals surface area contributed by atoms with Gasteiger partial charge in [0.2, 0.25) is 0 Å². The molecule has 1 nitrogen and oxygen atoms in total. The lowest BCUT2D eigenvalue weighted by atomic mass is 9.90. The van der Waals surface area contributed by atoms with E-state index in [1.165, 1.54) is 4.88 Å². The molecule has 0 fully saturated rings. The highest BCUT2D eigenvalue weighted by atomic mass is 35.5. The van der Waals surface area contributed by atoms with Crippen LogP contribution in [0.2, 0.25) is 4.34 Å². The Morgan fingerprint density at radius 1 is 1.36 bits per heavy atom. The molecule has 2 atom stereocenters. The van der Waals surface area contributed by atoms with Crippen molar-refractivity contribution < 1.29 is 0 Å². The van der Waals surface area contributed by atoms with E-state index in [0.717, 1.165) is 9.90 Å². The van der Waals surface area contributed by atoms with Crippen LogP contribution in [0.3, 0.4) is 0 Å². The molecule has 0 aliphatic heterocycles. The summed E-state index contributed by atoms with van der Waals surface area (Å²) in [4.78, 5) is 1.20. The Labute approximate surface area is 95.3 Å². The maximum absolute atomic E-state index is 6.17. The summed E-state index contributed by atoms with van der Waals surface area (Å²) in [6.07, 6.45) is 0. The van der Waals surface area contributed by atoms with Crippen LogP contribution in [0, 0.1) is 18.8 Å². The average molecular weight is 232 g/mol. The minimum atomic E-state index is 0.117. The van der Waals surface area contributed by atoms with Gasteiger partial charge in [-0.1, -0.05) is 32.4 Å². The molecule has 3 heteroatoms. The summed E-state index contributed by atoms with van der Waals surface area (Å²) in [6, 6.07) is 2.22. The van der Waals surface area contributed by atoms with Gasteiger partial charge < -0.3 is 5.73 Å². The van der Waals surface area contributed by atoms with Crippen molar-refractivity contribution in [3.8, 4) is 0 Å². The molecule has 0 saturated heterocycles. The molecule has 0 aromatic carbocycles. The number of nitrogens with two attached hydrogens (primary N) is 1. The average Bonchev–Trinajstić information content (AvgIpc) is 2.44. The van der Waals surface area contributed by atoms with Crippen LogP contribution >= 0.6 is 22.9 Å². The largest absolute Gasteiger partial charge is 0.323 e. The molecule has 0 amide bonds. The highest BCUT2D eigenvalue weighted by Crippen LogP contribution is 2.34. The molecule has 0 aliphatic rings. The zero-order valence-corrected chi connectivity index (χ0v) is 10.7.